The first-order chi connectivity index (χ1) is 11.7. The van der Waals surface area contributed by atoms with Crippen LogP contribution in [0.2, 0.25) is 0 Å². The van der Waals surface area contributed by atoms with Crippen molar-refractivity contribution in [1.29, 1.82) is 0 Å². The third-order valence-electron chi connectivity index (χ3n) is 4.76. The second-order valence-corrected chi connectivity index (χ2v) is 6.16. The Hall–Kier alpha value is -2.60. The van der Waals surface area contributed by atoms with Crippen molar-refractivity contribution >= 4 is 16.9 Å². The molecule has 6 heteroatoms. The van der Waals surface area contributed by atoms with Gasteiger partial charge in [-0.2, -0.15) is 5.10 Å². The average Bonchev–Trinajstić information content (AvgIpc) is 3.14. The van der Waals surface area contributed by atoms with Gasteiger partial charge in [-0.15, -0.1) is 0 Å². The van der Waals surface area contributed by atoms with Crippen LogP contribution in [0.25, 0.3) is 11.0 Å². The van der Waals surface area contributed by atoms with E-state index in [1.165, 1.54) is 0 Å². The Kier molecular flexibility index (Phi) is 3.61. The highest BCUT2D eigenvalue weighted by Gasteiger charge is 2.31. The Labute approximate surface area is 139 Å². The summed E-state index contributed by atoms with van der Waals surface area (Å²) in [6.45, 7) is 2.93. The van der Waals surface area contributed by atoms with E-state index in [0.717, 1.165) is 16.6 Å². The van der Waals surface area contributed by atoms with Crippen LogP contribution in [-0.4, -0.2) is 38.3 Å². The maximum Gasteiger partial charge on any atom is 0.290 e. The van der Waals surface area contributed by atoms with E-state index in [-0.39, 0.29) is 18.6 Å². The molecule has 0 saturated heterocycles. The monoisotopic (exact) mass is 325 g/mol. The summed E-state index contributed by atoms with van der Waals surface area (Å²) in [6, 6.07) is 9.30. The molecule has 2 aromatic heterocycles. The molecule has 1 atom stereocenters. The summed E-state index contributed by atoms with van der Waals surface area (Å²) >= 11 is 0. The zero-order chi connectivity index (χ0) is 16.7. The van der Waals surface area contributed by atoms with Crippen LogP contribution in [-0.2, 0) is 13.1 Å². The second kappa shape index (κ2) is 5.79. The minimum Gasteiger partial charge on any atom is -0.451 e. The van der Waals surface area contributed by atoms with Crippen LogP contribution < -0.4 is 0 Å². The molecule has 24 heavy (non-hydrogen) atoms. The number of aliphatic hydroxyl groups is 1. The molecule has 1 aliphatic heterocycles. The summed E-state index contributed by atoms with van der Waals surface area (Å²) < 4.78 is 7.71. The normalized spacial score (nSPS) is 17.8. The Bertz CT molecular complexity index is 896. The van der Waals surface area contributed by atoms with Crippen LogP contribution in [0, 0.1) is 6.92 Å². The molecule has 1 amide bonds. The number of carbonyl (C=O) groups excluding carboxylic acids is 1. The molecular weight excluding hydrogens is 306 g/mol. The fourth-order valence-corrected chi connectivity index (χ4v) is 3.36. The molecule has 1 aromatic carbocycles. The number of aromatic nitrogens is 2. The maximum atomic E-state index is 13.1. The molecule has 3 heterocycles. The SMILES string of the molecule is Cc1c(C(=O)N2Cc3ccnn3CC[C@H]2CO)oc2ccccc12. The number of amides is 1. The van der Waals surface area contributed by atoms with Crippen molar-refractivity contribution in [2.24, 2.45) is 0 Å². The van der Waals surface area contributed by atoms with Crippen molar-refractivity contribution in [3.63, 3.8) is 0 Å². The van der Waals surface area contributed by atoms with Crippen molar-refractivity contribution in [1.82, 2.24) is 14.7 Å². The number of para-hydroxylation sites is 1. The Morgan fingerprint density at radius 2 is 2.21 bits per heavy atom. The topological polar surface area (TPSA) is 71.5 Å². The zero-order valence-corrected chi connectivity index (χ0v) is 13.5. The third kappa shape index (κ3) is 2.30. The first-order valence-corrected chi connectivity index (χ1v) is 8.09. The number of hydrogen-bond acceptors (Lipinski definition) is 4. The van der Waals surface area contributed by atoms with E-state index >= 15 is 0 Å². The molecule has 0 radical (unpaired) electrons. The molecule has 124 valence electrons. The standard InChI is InChI=1S/C18H19N3O3/c1-12-15-4-2-3-5-16(15)24-17(12)18(23)20-10-13-6-8-19-21(13)9-7-14(20)11-22/h2-6,8,14,22H,7,9-11H2,1H3/t14-/m0/s1. The van der Waals surface area contributed by atoms with Crippen LogP contribution in [0.15, 0.2) is 40.9 Å². The minimum atomic E-state index is -0.244. The van der Waals surface area contributed by atoms with Gasteiger partial charge in [0.2, 0.25) is 0 Å². The molecule has 0 fully saturated rings. The number of fused-ring (bicyclic) bond motifs is 2. The number of nitrogens with zero attached hydrogens (tertiary/aromatic N) is 3. The molecule has 0 spiro atoms. The quantitative estimate of drug-likeness (QED) is 0.785. The van der Waals surface area contributed by atoms with E-state index < -0.39 is 0 Å². The van der Waals surface area contributed by atoms with Crippen LogP contribution in [0.1, 0.15) is 28.2 Å². The summed E-state index contributed by atoms with van der Waals surface area (Å²) in [5.41, 5.74) is 2.51. The van der Waals surface area contributed by atoms with Gasteiger partial charge in [0.25, 0.3) is 5.91 Å². The fourth-order valence-electron chi connectivity index (χ4n) is 3.36. The lowest BCUT2D eigenvalue weighted by atomic mass is 10.1. The molecule has 4 rings (SSSR count). The number of carbonyl (C=O) groups is 1. The predicted molar refractivity (Wildman–Crippen MR) is 88.5 cm³/mol. The average molecular weight is 325 g/mol. The largest absolute Gasteiger partial charge is 0.451 e. The number of hydrogen-bond donors (Lipinski definition) is 1. The molecule has 0 bridgehead atoms. The molecule has 6 nitrogen and oxygen atoms in total. The number of rotatable bonds is 2. The lowest BCUT2D eigenvalue weighted by Crippen LogP contribution is -2.41. The smallest absolute Gasteiger partial charge is 0.290 e. The van der Waals surface area contributed by atoms with E-state index in [1.54, 1.807) is 11.1 Å². The van der Waals surface area contributed by atoms with Crippen LogP contribution in [0.4, 0.5) is 0 Å². The van der Waals surface area contributed by atoms with E-state index in [0.29, 0.717) is 30.9 Å². The minimum absolute atomic E-state index is 0.0736. The van der Waals surface area contributed by atoms with Gasteiger partial charge in [-0.25, -0.2) is 0 Å². The zero-order valence-electron chi connectivity index (χ0n) is 13.5. The van der Waals surface area contributed by atoms with Gasteiger partial charge in [-0.1, -0.05) is 18.2 Å². The highest BCUT2D eigenvalue weighted by atomic mass is 16.3. The Morgan fingerprint density at radius 3 is 3.00 bits per heavy atom. The van der Waals surface area contributed by atoms with Gasteiger partial charge in [0.1, 0.15) is 5.58 Å². The number of furan rings is 1. The van der Waals surface area contributed by atoms with E-state index in [2.05, 4.69) is 5.10 Å². The third-order valence-corrected chi connectivity index (χ3v) is 4.76. The Balaban J connectivity index is 1.74. The molecule has 0 saturated carbocycles. The van der Waals surface area contributed by atoms with Crippen molar-refractivity contribution < 1.29 is 14.3 Å². The van der Waals surface area contributed by atoms with Crippen LogP contribution in [0.3, 0.4) is 0 Å². The molecular formula is C18H19N3O3. The molecule has 1 aliphatic rings. The number of benzene rings is 1. The molecule has 0 aliphatic carbocycles. The summed E-state index contributed by atoms with van der Waals surface area (Å²) in [6.07, 6.45) is 2.40. The summed E-state index contributed by atoms with van der Waals surface area (Å²) in [5.74, 6) is 0.167. The number of aliphatic hydroxyl groups excluding tert-OH is 1. The molecule has 1 N–H and O–H groups in total. The highest BCUT2D eigenvalue weighted by Crippen LogP contribution is 2.28. The summed E-state index contributed by atoms with van der Waals surface area (Å²) in [4.78, 5) is 14.8. The van der Waals surface area contributed by atoms with Gasteiger partial charge in [0.15, 0.2) is 5.76 Å². The van der Waals surface area contributed by atoms with Gasteiger partial charge >= 0.3 is 0 Å². The molecule has 3 aromatic rings. The van der Waals surface area contributed by atoms with Gasteiger partial charge in [-0.05, 0) is 25.5 Å². The Morgan fingerprint density at radius 1 is 1.38 bits per heavy atom. The van der Waals surface area contributed by atoms with Crippen molar-refractivity contribution in [2.75, 3.05) is 6.61 Å². The summed E-state index contributed by atoms with van der Waals surface area (Å²) in [5, 5.41) is 15.0. The first-order valence-electron chi connectivity index (χ1n) is 8.09. The lowest BCUT2D eigenvalue weighted by Gasteiger charge is -2.27. The van der Waals surface area contributed by atoms with Crippen molar-refractivity contribution in [3.05, 3.63) is 53.5 Å². The maximum absolute atomic E-state index is 13.1. The van der Waals surface area contributed by atoms with Gasteiger partial charge in [0, 0.05) is 23.7 Å². The first kappa shape index (κ1) is 15.0. The van der Waals surface area contributed by atoms with Gasteiger partial charge in [0.05, 0.1) is 24.9 Å². The summed E-state index contributed by atoms with van der Waals surface area (Å²) in [7, 11) is 0. The second-order valence-electron chi connectivity index (χ2n) is 6.16. The van der Waals surface area contributed by atoms with Crippen LogP contribution in [0.5, 0.6) is 0 Å². The number of aryl methyl sites for hydroxylation is 2. The van der Waals surface area contributed by atoms with Gasteiger partial charge < -0.3 is 14.4 Å². The lowest BCUT2D eigenvalue weighted by molar-refractivity contribution is 0.0538. The van der Waals surface area contributed by atoms with E-state index in [1.807, 2.05) is 41.9 Å². The van der Waals surface area contributed by atoms with Gasteiger partial charge in [-0.3, -0.25) is 9.48 Å². The van der Waals surface area contributed by atoms with E-state index in [4.69, 9.17) is 4.42 Å². The fraction of sp³-hybridized carbons (Fsp3) is 0.333. The van der Waals surface area contributed by atoms with Crippen molar-refractivity contribution in [3.8, 4) is 0 Å². The highest BCUT2D eigenvalue weighted by molar-refractivity contribution is 5.99. The van der Waals surface area contributed by atoms with Crippen LogP contribution >= 0.6 is 0 Å². The molecule has 0 unspecified atom stereocenters. The van der Waals surface area contributed by atoms with Crippen molar-refractivity contribution in [2.45, 2.75) is 32.5 Å². The predicted octanol–water partition coefficient (Wildman–Crippen LogP) is 2.34. The van der Waals surface area contributed by atoms with E-state index in [9.17, 15) is 9.90 Å².